The smallest absolute Gasteiger partial charge is 0.234 e. The van der Waals surface area contributed by atoms with Crippen LogP contribution in [0.3, 0.4) is 0 Å². The molecular formula is C27H25ClN4O2S2. The van der Waals surface area contributed by atoms with Gasteiger partial charge in [0.1, 0.15) is 0 Å². The SMILES string of the molecule is O=C(CSc1nc(CC(=O)N2CCN(c3cccc(Cl)c3)CC2)cs1)Nc1cccc2ccccc12. The standard InChI is InChI=1S/C27H25ClN4O2S2/c28-20-7-4-8-22(15-20)31-11-13-32(14-12-31)26(34)16-21-17-35-27(29-21)36-18-25(33)30-24-10-3-6-19-5-1-2-9-23(19)24/h1-10,15,17H,11-14,16,18H2,(H,30,33). The number of thiazole rings is 1. The highest BCUT2D eigenvalue weighted by Crippen LogP contribution is 2.26. The van der Waals surface area contributed by atoms with Crippen molar-refractivity contribution >= 4 is 68.7 Å². The van der Waals surface area contributed by atoms with E-state index in [-0.39, 0.29) is 24.0 Å². The Hall–Kier alpha value is -3.07. The highest BCUT2D eigenvalue weighted by atomic mass is 35.5. The van der Waals surface area contributed by atoms with E-state index in [1.54, 1.807) is 0 Å². The van der Waals surface area contributed by atoms with Gasteiger partial charge in [0.2, 0.25) is 11.8 Å². The monoisotopic (exact) mass is 536 g/mol. The number of benzene rings is 3. The van der Waals surface area contributed by atoms with Gasteiger partial charge in [-0.05, 0) is 29.7 Å². The molecule has 4 aromatic rings. The summed E-state index contributed by atoms with van der Waals surface area (Å²) in [6.07, 6.45) is 0.274. The largest absolute Gasteiger partial charge is 0.368 e. The lowest BCUT2D eigenvalue weighted by atomic mass is 10.1. The zero-order valence-electron chi connectivity index (χ0n) is 19.5. The number of nitrogens with one attached hydrogen (secondary N) is 1. The summed E-state index contributed by atoms with van der Waals surface area (Å²) in [5.41, 5.74) is 2.64. The number of thioether (sulfide) groups is 1. The molecule has 2 heterocycles. The molecule has 1 aromatic heterocycles. The first-order chi connectivity index (χ1) is 17.5. The van der Waals surface area contributed by atoms with E-state index in [9.17, 15) is 9.59 Å². The van der Waals surface area contributed by atoms with Crippen molar-refractivity contribution in [3.63, 3.8) is 0 Å². The van der Waals surface area contributed by atoms with Gasteiger partial charge in [0.15, 0.2) is 4.34 Å². The third kappa shape index (κ3) is 6.00. The highest BCUT2D eigenvalue weighted by Gasteiger charge is 2.22. The van der Waals surface area contributed by atoms with Crippen LogP contribution in [0.25, 0.3) is 10.8 Å². The fraction of sp³-hybridized carbons (Fsp3) is 0.222. The first-order valence-electron chi connectivity index (χ1n) is 11.7. The number of fused-ring (bicyclic) bond motifs is 1. The summed E-state index contributed by atoms with van der Waals surface area (Å²) in [7, 11) is 0. The summed E-state index contributed by atoms with van der Waals surface area (Å²) in [6.45, 7) is 2.89. The molecule has 1 aliphatic heterocycles. The van der Waals surface area contributed by atoms with Crippen molar-refractivity contribution in [1.29, 1.82) is 0 Å². The molecule has 0 unspecified atom stereocenters. The van der Waals surface area contributed by atoms with E-state index >= 15 is 0 Å². The summed E-state index contributed by atoms with van der Waals surface area (Å²) >= 11 is 8.97. The van der Waals surface area contributed by atoms with Crippen molar-refractivity contribution in [2.45, 2.75) is 10.8 Å². The number of hydrogen-bond acceptors (Lipinski definition) is 6. The molecule has 5 rings (SSSR count). The Morgan fingerprint density at radius 2 is 1.78 bits per heavy atom. The van der Waals surface area contributed by atoms with Crippen LogP contribution >= 0.6 is 34.7 Å². The molecule has 36 heavy (non-hydrogen) atoms. The second-order valence-electron chi connectivity index (χ2n) is 8.49. The number of anilines is 2. The van der Waals surface area contributed by atoms with Gasteiger partial charge in [0, 0.05) is 53.3 Å². The Labute approximate surface area is 223 Å². The lowest BCUT2D eigenvalue weighted by Gasteiger charge is -2.36. The van der Waals surface area contributed by atoms with Gasteiger partial charge < -0.3 is 15.1 Å². The summed E-state index contributed by atoms with van der Waals surface area (Å²) in [5.74, 6) is 0.258. The average Bonchev–Trinajstić information content (AvgIpc) is 3.35. The summed E-state index contributed by atoms with van der Waals surface area (Å²) < 4.78 is 0.789. The zero-order valence-corrected chi connectivity index (χ0v) is 21.9. The van der Waals surface area contributed by atoms with Crippen LogP contribution in [0.5, 0.6) is 0 Å². The molecule has 0 radical (unpaired) electrons. The second kappa shape index (κ2) is 11.3. The van der Waals surface area contributed by atoms with E-state index in [0.717, 1.165) is 45.3 Å². The van der Waals surface area contributed by atoms with Crippen molar-refractivity contribution in [3.05, 3.63) is 82.8 Å². The zero-order chi connectivity index (χ0) is 24.9. The fourth-order valence-electron chi connectivity index (χ4n) is 4.24. The fourth-order valence-corrected chi connectivity index (χ4v) is 6.07. The summed E-state index contributed by atoms with van der Waals surface area (Å²) in [6, 6.07) is 21.6. The van der Waals surface area contributed by atoms with Crippen LogP contribution in [-0.2, 0) is 16.0 Å². The van der Waals surface area contributed by atoms with Gasteiger partial charge in [-0.15, -0.1) is 11.3 Å². The van der Waals surface area contributed by atoms with Gasteiger partial charge in [0.05, 0.1) is 17.9 Å². The molecule has 1 saturated heterocycles. The molecule has 9 heteroatoms. The molecule has 1 aliphatic rings. The maximum absolute atomic E-state index is 12.8. The normalized spacial score (nSPS) is 13.7. The Morgan fingerprint density at radius 1 is 1.00 bits per heavy atom. The molecule has 0 atom stereocenters. The number of nitrogens with zero attached hydrogens (tertiary/aromatic N) is 3. The van der Waals surface area contributed by atoms with E-state index in [0.29, 0.717) is 18.1 Å². The van der Waals surface area contributed by atoms with Crippen molar-refractivity contribution in [2.75, 3.05) is 42.1 Å². The molecule has 6 nitrogen and oxygen atoms in total. The molecule has 0 bridgehead atoms. The first-order valence-corrected chi connectivity index (χ1v) is 13.9. The van der Waals surface area contributed by atoms with Crippen LogP contribution in [0.4, 0.5) is 11.4 Å². The average molecular weight is 537 g/mol. The molecule has 2 amide bonds. The number of rotatable bonds is 7. The van der Waals surface area contributed by atoms with Gasteiger partial charge in [-0.3, -0.25) is 9.59 Å². The third-order valence-electron chi connectivity index (χ3n) is 6.06. The van der Waals surface area contributed by atoms with Crippen LogP contribution in [0.2, 0.25) is 5.02 Å². The van der Waals surface area contributed by atoms with Gasteiger partial charge in [-0.1, -0.05) is 65.8 Å². The molecule has 1 fully saturated rings. The van der Waals surface area contributed by atoms with Crippen LogP contribution < -0.4 is 10.2 Å². The molecule has 0 spiro atoms. The number of halogens is 1. The quantitative estimate of drug-likeness (QED) is 0.313. The van der Waals surface area contributed by atoms with Gasteiger partial charge in [-0.2, -0.15) is 0 Å². The number of hydrogen-bond donors (Lipinski definition) is 1. The first kappa shape index (κ1) is 24.6. The minimum Gasteiger partial charge on any atom is -0.368 e. The van der Waals surface area contributed by atoms with Crippen LogP contribution in [0, 0.1) is 0 Å². The van der Waals surface area contributed by atoms with E-state index in [1.165, 1.54) is 23.1 Å². The van der Waals surface area contributed by atoms with Crippen molar-refractivity contribution in [2.24, 2.45) is 0 Å². The van der Waals surface area contributed by atoms with E-state index < -0.39 is 0 Å². The van der Waals surface area contributed by atoms with Crippen molar-refractivity contribution in [3.8, 4) is 0 Å². The number of piperazine rings is 1. The Kier molecular flexibility index (Phi) is 7.75. The van der Waals surface area contributed by atoms with Gasteiger partial charge in [0.25, 0.3) is 0 Å². The molecule has 0 aliphatic carbocycles. The van der Waals surface area contributed by atoms with Crippen LogP contribution in [0.15, 0.2) is 76.4 Å². The maximum atomic E-state index is 12.8. The molecule has 0 saturated carbocycles. The molecule has 3 aromatic carbocycles. The lowest BCUT2D eigenvalue weighted by molar-refractivity contribution is -0.130. The Morgan fingerprint density at radius 3 is 2.61 bits per heavy atom. The predicted octanol–water partition coefficient (Wildman–Crippen LogP) is 5.57. The molecular weight excluding hydrogens is 512 g/mol. The van der Waals surface area contributed by atoms with E-state index in [2.05, 4.69) is 15.2 Å². The number of amides is 2. The molecule has 184 valence electrons. The third-order valence-corrected chi connectivity index (χ3v) is 8.36. The number of carbonyl (C=O) groups is 2. The van der Waals surface area contributed by atoms with Crippen molar-refractivity contribution in [1.82, 2.24) is 9.88 Å². The Balaban J connectivity index is 1.09. The van der Waals surface area contributed by atoms with Gasteiger partial charge >= 0.3 is 0 Å². The highest BCUT2D eigenvalue weighted by molar-refractivity contribution is 8.01. The van der Waals surface area contributed by atoms with Crippen LogP contribution in [0.1, 0.15) is 5.69 Å². The minimum absolute atomic E-state index is 0.0799. The topological polar surface area (TPSA) is 65.5 Å². The summed E-state index contributed by atoms with van der Waals surface area (Å²) in [4.78, 5) is 34.1. The minimum atomic E-state index is -0.0817. The second-order valence-corrected chi connectivity index (χ2v) is 11.0. The number of carbonyl (C=O) groups excluding carboxylic acids is 2. The van der Waals surface area contributed by atoms with Crippen LogP contribution in [-0.4, -0.2) is 53.6 Å². The molecule has 1 N–H and O–H groups in total. The Bertz CT molecular complexity index is 1380. The predicted molar refractivity (Wildman–Crippen MR) is 149 cm³/mol. The number of aromatic nitrogens is 1. The maximum Gasteiger partial charge on any atom is 0.234 e. The lowest BCUT2D eigenvalue weighted by Crippen LogP contribution is -2.49. The summed E-state index contributed by atoms with van der Waals surface area (Å²) in [5, 5.41) is 7.73. The van der Waals surface area contributed by atoms with Gasteiger partial charge in [-0.25, -0.2) is 4.98 Å². The van der Waals surface area contributed by atoms with E-state index in [4.69, 9.17) is 11.6 Å². The van der Waals surface area contributed by atoms with Crippen molar-refractivity contribution < 1.29 is 9.59 Å². The van der Waals surface area contributed by atoms with E-state index in [1.807, 2.05) is 77.0 Å².